The number of benzene rings is 3. The molecule has 3 aromatic carbocycles. The Labute approximate surface area is 211 Å². The lowest BCUT2D eigenvalue weighted by atomic mass is 10.2. The second-order valence-electron chi connectivity index (χ2n) is 7.66. The average molecular weight is 512 g/mol. The van der Waals surface area contributed by atoms with Crippen LogP contribution in [0.15, 0.2) is 76.7 Å². The van der Waals surface area contributed by atoms with Crippen molar-refractivity contribution < 1.29 is 27.4 Å². The molecule has 0 radical (unpaired) electrons. The van der Waals surface area contributed by atoms with Crippen molar-refractivity contribution in [2.45, 2.75) is 18.7 Å². The summed E-state index contributed by atoms with van der Waals surface area (Å²) in [6.07, 6.45) is 1.49. The normalized spacial score (nSPS) is 11.2. The standard InChI is InChI=1S/C26H29N3O6S/c1-5-35-22-12-10-21(11-13-22)29(18-26(30)28-27-17-20-8-6-19(2)7-9-20)36(31,32)23-14-15-24(33-3)25(16-23)34-4/h6-17H,5,18H2,1-4H3,(H,28,30)/b27-17-. The molecule has 3 rings (SSSR count). The zero-order valence-electron chi connectivity index (χ0n) is 20.6. The Kier molecular flexibility index (Phi) is 8.91. The highest BCUT2D eigenvalue weighted by molar-refractivity contribution is 7.92. The fraction of sp³-hybridized carbons (Fsp3) is 0.231. The number of hydrogen-bond donors (Lipinski definition) is 1. The van der Waals surface area contributed by atoms with Crippen molar-refractivity contribution >= 4 is 27.8 Å². The van der Waals surface area contributed by atoms with Crippen LogP contribution in [0.2, 0.25) is 0 Å². The van der Waals surface area contributed by atoms with E-state index in [1.165, 1.54) is 38.6 Å². The molecule has 0 aliphatic carbocycles. The molecule has 0 saturated heterocycles. The number of rotatable bonds is 11. The highest BCUT2D eigenvalue weighted by Gasteiger charge is 2.28. The lowest BCUT2D eigenvalue weighted by Gasteiger charge is -2.24. The van der Waals surface area contributed by atoms with Crippen molar-refractivity contribution in [3.05, 3.63) is 77.9 Å². The van der Waals surface area contributed by atoms with Gasteiger partial charge in [-0.1, -0.05) is 29.8 Å². The number of nitrogens with one attached hydrogen (secondary N) is 1. The largest absolute Gasteiger partial charge is 0.494 e. The molecule has 0 spiro atoms. The van der Waals surface area contributed by atoms with Crippen molar-refractivity contribution in [1.29, 1.82) is 0 Å². The molecular formula is C26H29N3O6S. The molecule has 10 heteroatoms. The lowest BCUT2D eigenvalue weighted by molar-refractivity contribution is -0.119. The third-order valence-electron chi connectivity index (χ3n) is 5.15. The summed E-state index contributed by atoms with van der Waals surface area (Å²) in [5.74, 6) is 0.595. The molecule has 0 bridgehead atoms. The maximum Gasteiger partial charge on any atom is 0.264 e. The van der Waals surface area contributed by atoms with Gasteiger partial charge in [0.2, 0.25) is 0 Å². The highest BCUT2D eigenvalue weighted by Crippen LogP contribution is 2.32. The van der Waals surface area contributed by atoms with Gasteiger partial charge in [0.1, 0.15) is 12.3 Å². The molecule has 0 saturated carbocycles. The molecular weight excluding hydrogens is 482 g/mol. The Morgan fingerprint density at radius 3 is 2.25 bits per heavy atom. The van der Waals surface area contributed by atoms with Gasteiger partial charge >= 0.3 is 0 Å². The minimum Gasteiger partial charge on any atom is -0.494 e. The van der Waals surface area contributed by atoms with Crippen LogP contribution in [0.25, 0.3) is 0 Å². The maximum atomic E-state index is 13.7. The number of anilines is 1. The molecule has 36 heavy (non-hydrogen) atoms. The number of carbonyl (C=O) groups is 1. The predicted molar refractivity (Wildman–Crippen MR) is 139 cm³/mol. The van der Waals surface area contributed by atoms with Crippen molar-refractivity contribution in [3.63, 3.8) is 0 Å². The van der Waals surface area contributed by atoms with E-state index in [9.17, 15) is 13.2 Å². The lowest BCUT2D eigenvalue weighted by Crippen LogP contribution is -2.39. The number of amides is 1. The number of sulfonamides is 1. The van der Waals surface area contributed by atoms with Gasteiger partial charge in [-0.25, -0.2) is 13.8 Å². The van der Waals surface area contributed by atoms with Gasteiger partial charge in [-0.3, -0.25) is 9.10 Å². The Bertz CT molecular complexity index is 1310. The summed E-state index contributed by atoms with van der Waals surface area (Å²) in [7, 11) is -1.30. The first-order chi connectivity index (χ1) is 17.3. The van der Waals surface area contributed by atoms with Gasteiger partial charge in [-0.2, -0.15) is 5.10 Å². The van der Waals surface area contributed by atoms with Gasteiger partial charge in [-0.15, -0.1) is 0 Å². The minimum atomic E-state index is -4.17. The number of methoxy groups -OCH3 is 2. The van der Waals surface area contributed by atoms with Crippen LogP contribution < -0.4 is 23.9 Å². The van der Waals surface area contributed by atoms with Crippen LogP contribution in [0, 0.1) is 6.92 Å². The van der Waals surface area contributed by atoms with Crippen molar-refractivity contribution in [1.82, 2.24) is 5.43 Å². The van der Waals surface area contributed by atoms with E-state index < -0.39 is 22.5 Å². The molecule has 9 nitrogen and oxygen atoms in total. The molecule has 1 N–H and O–H groups in total. The van der Waals surface area contributed by atoms with Gasteiger partial charge in [0, 0.05) is 6.07 Å². The first-order valence-electron chi connectivity index (χ1n) is 11.1. The zero-order chi connectivity index (χ0) is 26.1. The van der Waals surface area contributed by atoms with E-state index in [0.717, 1.165) is 15.4 Å². The number of carbonyl (C=O) groups excluding carboxylic acids is 1. The van der Waals surface area contributed by atoms with Crippen molar-refractivity contribution in [3.8, 4) is 17.2 Å². The molecule has 3 aromatic rings. The minimum absolute atomic E-state index is 0.0648. The van der Waals surface area contributed by atoms with E-state index in [2.05, 4.69) is 10.5 Å². The van der Waals surface area contributed by atoms with Gasteiger partial charge in [0.05, 0.1) is 37.6 Å². The van der Waals surface area contributed by atoms with E-state index in [-0.39, 0.29) is 16.3 Å². The maximum absolute atomic E-state index is 13.7. The van der Waals surface area contributed by atoms with Crippen LogP contribution >= 0.6 is 0 Å². The SMILES string of the molecule is CCOc1ccc(N(CC(=O)N/N=C\c2ccc(C)cc2)S(=O)(=O)c2ccc(OC)c(OC)c2)cc1. The van der Waals surface area contributed by atoms with Crippen LogP contribution in [0.3, 0.4) is 0 Å². The summed E-state index contributed by atoms with van der Waals surface area (Å²) in [6, 6.07) is 18.2. The van der Waals surface area contributed by atoms with E-state index in [1.807, 2.05) is 38.1 Å². The molecule has 0 fully saturated rings. The number of nitrogens with zero attached hydrogens (tertiary/aromatic N) is 2. The summed E-state index contributed by atoms with van der Waals surface area (Å²) >= 11 is 0. The monoisotopic (exact) mass is 511 g/mol. The van der Waals surface area contributed by atoms with Gasteiger partial charge < -0.3 is 14.2 Å². The number of aryl methyl sites for hydroxylation is 1. The number of hydrogen-bond acceptors (Lipinski definition) is 7. The van der Waals surface area contributed by atoms with E-state index >= 15 is 0 Å². The first kappa shape index (κ1) is 26.6. The molecule has 190 valence electrons. The summed E-state index contributed by atoms with van der Waals surface area (Å²) < 4.78 is 44.2. The summed E-state index contributed by atoms with van der Waals surface area (Å²) in [6.45, 7) is 3.78. The van der Waals surface area contributed by atoms with Crippen LogP contribution in [0.4, 0.5) is 5.69 Å². The topological polar surface area (TPSA) is 107 Å². The Hall–Kier alpha value is -4.05. The van der Waals surface area contributed by atoms with E-state index in [1.54, 1.807) is 24.3 Å². The molecule has 1 amide bonds. The summed E-state index contributed by atoms with van der Waals surface area (Å²) in [4.78, 5) is 12.7. The van der Waals surface area contributed by atoms with E-state index in [0.29, 0.717) is 18.1 Å². The summed E-state index contributed by atoms with van der Waals surface area (Å²) in [5, 5.41) is 3.96. The fourth-order valence-electron chi connectivity index (χ4n) is 3.29. The third kappa shape index (κ3) is 6.54. The van der Waals surface area contributed by atoms with Crippen LogP contribution in [-0.4, -0.2) is 47.9 Å². The molecule has 0 aliphatic rings. The van der Waals surface area contributed by atoms with Crippen molar-refractivity contribution in [2.24, 2.45) is 5.10 Å². The zero-order valence-corrected chi connectivity index (χ0v) is 21.4. The molecule has 0 aromatic heterocycles. The molecule has 0 aliphatic heterocycles. The Morgan fingerprint density at radius 2 is 1.64 bits per heavy atom. The second kappa shape index (κ2) is 12.1. The smallest absolute Gasteiger partial charge is 0.264 e. The van der Waals surface area contributed by atoms with Gasteiger partial charge in [-0.05, 0) is 55.8 Å². The first-order valence-corrected chi connectivity index (χ1v) is 12.6. The summed E-state index contributed by atoms with van der Waals surface area (Å²) in [5.41, 5.74) is 4.57. The quantitative estimate of drug-likeness (QED) is 0.310. The van der Waals surface area contributed by atoms with E-state index in [4.69, 9.17) is 14.2 Å². The number of ether oxygens (including phenoxy) is 3. The van der Waals surface area contributed by atoms with Gasteiger partial charge in [0.15, 0.2) is 11.5 Å². The molecule has 0 heterocycles. The average Bonchev–Trinajstić information content (AvgIpc) is 2.88. The highest BCUT2D eigenvalue weighted by atomic mass is 32.2. The predicted octanol–water partition coefficient (Wildman–Crippen LogP) is 3.76. The van der Waals surface area contributed by atoms with Crippen molar-refractivity contribution in [2.75, 3.05) is 31.7 Å². The fourth-order valence-corrected chi connectivity index (χ4v) is 4.73. The Balaban J connectivity index is 1.90. The molecule has 0 atom stereocenters. The third-order valence-corrected chi connectivity index (χ3v) is 6.92. The van der Waals surface area contributed by atoms with Crippen LogP contribution in [-0.2, 0) is 14.8 Å². The Morgan fingerprint density at radius 1 is 0.972 bits per heavy atom. The van der Waals surface area contributed by atoms with Crippen LogP contribution in [0.1, 0.15) is 18.1 Å². The molecule has 0 unspecified atom stereocenters. The number of hydrazone groups is 1. The van der Waals surface area contributed by atoms with Crippen LogP contribution in [0.5, 0.6) is 17.2 Å². The second-order valence-corrected chi connectivity index (χ2v) is 9.52. The van der Waals surface area contributed by atoms with Gasteiger partial charge in [0.25, 0.3) is 15.9 Å².